The summed E-state index contributed by atoms with van der Waals surface area (Å²) in [7, 11) is 1.77. The maximum Gasteiger partial charge on any atom is 0.261 e. The number of carbonyl (C=O) groups excluding carboxylic acids is 2. The molecule has 0 unspecified atom stereocenters. The van der Waals surface area contributed by atoms with E-state index in [1.807, 2.05) is 6.07 Å². The number of nitrogens with one attached hydrogen (secondary N) is 1. The van der Waals surface area contributed by atoms with Gasteiger partial charge in [0.2, 0.25) is 5.91 Å². The van der Waals surface area contributed by atoms with Crippen LogP contribution in [0.4, 0.5) is 0 Å². The minimum Gasteiger partial charge on any atom is -0.352 e. The molecule has 3 heterocycles. The molecule has 0 aliphatic carbocycles. The van der Waals surface area contributed by atoms with Gasteiger partial charge in [0.05, 0.1) is 29.0 Å². The summed E-state index contributed by atoms with van der Waals surface area (Å²) >= 11 is 3.36. The van der Waals surface area contributed by atoms with Crippen molar-refractivity contribution in [2.24, 2.45) is 13.0 Å². The Morgan fingerprint density at radius 2 is 2.03 bits per heavy atom. The summed E-state index contributed by atoms with van der Waals surface area (Å²) in [6.07, 6.45) is 6.25. The van der Waals surface area contributed by atoms with Crippen molar-refractivity contribution < 1.29 is 9.59 Å². The van der Waals surface area contributed by atoms with Crippen molar-refractivity contribution in [3.05, 3.63) is 57.3 Å². The van der Waals surface area contributed by atoms with Gasteiger partial charge in [-0.1, -0.05) is 15.9 Å². The van der Waals surface area contributed by atoms with Crippen LogP contribution in [0.1, 0.15) is 23.2 Å². The van der Waals surface area contributed by atoms with Crippen LogP contribution in [0.15, 0.2) is 46.2 Å². The number of hydrogen-bond donors (Lipinski definition) is 1. The number of likely N-dealkylation sites (tertiary alicyclic amines) is 1. The Bertz CT molecular complexity index is 1180. The zero-order valence-electron chi connectivity index (χ0n) is 17.1. The molecule has 0 saturated carbocycles. The van der Waals surface area contributed by atoms with Gasteiger partial charge in [-0.15, -0.1) is 0 Å². The van der Waals surface area contributed by atoms with Gasteiger partial charge in [-0.05, 0) is 37.0 Å². The average Bonchev–Trinajstić information content (AvgIpc) is 3.21. The minimum atomic E-state index is -0.229. The first kappa shape index (κ1) is 21.2. The van der Waals surface area contributed by atoms with Crippen molar-refractivity contribution in [2.45, 2.75) is 19.4 Å². The van der Waals surface area contributed by atoms with Crippen LogP contribution >= 0.6 is 15.9 Å². The Kier molecular flexibility index (Phi) is 6.17. The van der Waals surface area contributed by atoms with Gasteiger partial charge in [0, 0.05) is 37.4 Å². The predicted molar refractivity (Wildman–Crippen MR) is 119 cm³/mol. The fourth-order valence-corrected chi connectivity index (χ4v) is 4.11. The van der Waals surface area contributed by atoms with Gasteiger partial charge >= 0.3 is 0 Å². The zero-order chi connectivity index (χ0) is 22.0. The van der Waals surface area contributed by atoms with E-state index >= 15 is 0 Å². The topological polar surface area (TPSA) is 102 Å². The van der Waals surface area contributed by atoms with Crippen LogP contribution in [0.25, 0.3) is 10.9 Å². The summed E-state index contributed by atoms with van der Waals surface area (Å²) in [4.78, 5) is 43.6. The highest BCUT2D eigenvalue weighted by Crippen LogP contribution is 2.18. The van der Waals surface area contributed by atoms with Crippen LogP contribution in [0.3, 0.4) is 0 Å². The number of aryl methyl sites for hydroxylation is 1. The van der Waals surface area contributed by atoms with E-state index in [0.717, 1.165) is 17.3 Å². The standard InChI is InChI=1S/C21H23BrN6O3/c1-26-11-15(10-25-26)20(30)23-9-14-4-6-27(7-5-14)19(29)12-28-13-24-18-3-2-16(22)8-17(18)21(28)31/h2-3,8,10-11,13-14H,4-7,9,12H2,1H3,(H,23,30). The highest BCUT2D eigenvalue weighted by atomic mass is 79.9. The second kappa shape index (κ2) is 9.01. The van der Waals surface area contributed by atoms with E-state index in [2.05, 4.69) is 31.3 Å². The Hall–Kier alpha value is -3.01. The molecule has 1 saturated heterocycles. The van der Waals surface area contributed by atoms with Crippen molar-refractivity contribution in [1.29, 1.82) is 0 Å². The number of fused-ring (bicyclic) bond motifs is 1. The molecule has 0 bridgehead atoms. The molecule has 1 fully saturated rings. The van der Waals surface area contributed by atoms with Crippen molar-refractivity contribution in [1.82, 2.24) is 29.5 Å². The second-order valence-electron chi connectivity index (χ2n) is 7.78. The molecule has 2 amide bonds. The van der Waals surface area contributed by atoms with Gasteiger partial charge in [0.15, 0.2) is 0 Å². The first-order valence-electron chi connectivity index (χ1n) is 10.1. The summed E-state index contributed by atoms with van der Waals surface area (Å²) in [6.45, 7) is 1.75. The van der Waals surface area contributed by atoms with Crippen molar-refractivity contribution in [2.75, 3.05) is 19.6 Å². The lowest BCUT2D eigenvalue weighted by Crippen LogP contribution is -2.43. The average molecular weight is 487 g/mol. The number of nitrogens with zero attached hydrogens (tertiary/aromatic N) is 5. The molecule has 31 heavy (non-hydrogen) atoms. The molecular weight excluding hydrogens is 464 g/mol. The molecule has 162 valence electrons. The molecule has 0 atom stereocenters. The van der Waals surface area contributed by atoms with Crippen molar-refractivity contribution in [3.63, 3.8) is 0 Å². The minimum absolute atomic E-state index is 0.0311. The lowest BCUT2D eigenvalue weighted by atomic mass is 9.96. The predicted octanol–water partition coefficient (Wildman–Crippen LogP) is 1.56. The van der Waals surface area contributed by atoms with Crippen molar-refractivity contribution >= 4 is 38.6 Å². The Morgan fingerprint density at radius 3 is 2.74 bits per heavy atom. The van der Waals surface area contributed by atoms with Gasteiger partial charge in [0.25, 0.3) is 11.5 Å². The van der Waals surface area contributed by atoms with Gasteiger partial charge in [-0.3, -0.25) is 23.6 Å². The van der Waals surface area contributed by atoms with Crippen molar-refractivity contribution in [3.8, 4) is 0 Å². The lowest BCUT2D eigenvalue weighted by Gasteiger charge is -2.32. The number of hydrogen-bond acceptors (Lipinski definition) is 5. The second-order valence-corrected chi connectivity index (χ2v) is 8.69. The van der Waals surface area contributed by atoms with E-state index in [9.17, 15) is 14.4 Å². The fraction of sp³-hybridized carbons (Fsp3) is 0.381. The number of piperidine rings is 1. The number of halogens is 1. The molecule has 1 aromatic carbocycles. The molecule has 3 aromatic rings. The molecule has 1 aliphatic rings. The van der Waals surface area contributed by atoms with Gasteiger partial charge in [-0.25, -0.2) is 4.98 Å². The van der Waals surface area contributed by atoms with Gasteiger partial charge < -0.3 is 10.2 Å². The smallest absolute Gasteiger partial charge is 0.261 e. The largest absolute Gasteiger partial charge is 0.352 e. The van der Waals surface area contributed by atoms with E-state index < -0.39 is 0 Å². The highest BCUT2D eigenvalue weighted by Gasteiger charge is 2.24. The molecule has 0 radical (unpaired) electrons. The third-order valence-electron chi connectivity index (χ3n) is 5.58. The highest BCUT2D eigenvalue weighted by molar-refractivity contribution is 9.10. The number of rotatable bonds is 5. The van der Waals surface area contributed by atoms with E-state index in [4.69, 9.17) is 0 Å². The molecule has 2 aromatic heterocycles. The van der Waals surface area contributed by atoms with Crippen LogP contribution < -0.4 is 10.9 Å². The Balaban J connectivity index is 1.30. The third-order valence-corrected chi connectivity index (χ3v) is 6.07. The molecule has 10 heteroatoms. The number of aromatic nitrogens is 4. The number of carbonyl (C=O) groups is 2. The van der Waals surface area contributed by atoms with E-state index in [1.54, 1.807) is 41.2 Å². The maximum atomic E-state index is 12.7. The van der Waals surface area contributed by atoms with E-state index in [0.29, 0.717) is 42.0 Å². The zero-order valence-corrected chi connectivity index (χ0v) is 18.7. The SMILES string of the molecule is Cn1cc(C(=O)NCC2CCN(C(=O)Cn3cnc4ccc(Br)cc4c3=O)CC2)cn1. The molecule has 4 rings (SSSR count). The molecule has 9 nitrogen and oxygen atoms in total. The molecule has 1 N–H and O–H groups in total. The quantitative estimate of drug-likeness (QED) is 0.589. The Morgan fingerprint density at radius 1 is 1.26 bits per heavy atom. The van der Waals surface area contributed by atoms with E-state index in [-0.39, 0.29) is 23.9 Å². The summed E-state index contributed by atoms with van der Waals surface area (Å²) in [5.41, 5.74) is 0.912. The summed E-state index contributed by atoms with van der Waals surface area (Å²) in [5.74, 6) is 0.0737. The van der Waals surface area contributed by atoms with Crippen LogP contribution in [0.2, 0.25) is 0 Å². The first-order chi connectivity index (χ1) is 14.9. The lowest BCUT2D eigenvalue weighted by molar-refractivity contribution is -0.133. The maximum absolute atomic E-state index is 12.7. The number of benzene rings is 1. The third kappa shape index (κ3) is 4.84. The Labute approximate surface area is 187 Å². The fourth-order valence-electron chi connectivity index (χ4n) is 3.75. The summed E-state index contributed by atoms with van der Waals surface area (Å²) in [5, 5.41) is 7.43. The first-order valence-corrected chi connectivity index (χ1v) is 10.9. The van der Waals surface area contributed by atoms with Gasteiger partial charge in [-0.2, -0.15) is 5.10 Å². The van der Waals surface area contributed by atoms with Gasteiger partial charge in [0.1, 0.15) is 6.54 Å². The molecule has 1 aliphatic heterocycles. The molecule has 0 spiro atoms. The van der Waals surface area contributed by atoms with E-state index in [1.165, 1.54) is 10.9 Å². The normalized spacial score (nSPS) is 14.7. The van der Waals surface area contributed by atoms with Crippen LogP contribution in [0, 0.1) is 5.92 Å². The molecular formula is C21H23BrN6O3. The van der Waals surface area contributed by atoms with Crippen LogP contribution in [0.5, 0.6) is 0 Å². The summed E-state index contributed by atoms with van der Waals surface area (Å²) in [6, 6.07) is 5.31. The number of amides is 2. The van der Waals surface area contributed by atoms with Crippen LogP contribution in [-0.2, 0) is 18.4 Å². The summed E-state index contributed by atoms with van der Waals surface area (Å²) < 4.78 is 3.74. The monoisotopic (exact) mass is 486 g/mol. The van der Waals surface area contributed by atoms with Crippen LogP contribution in [-0.4, -0.2) is 55.7 Å².